The van der Waals surface area contributed by atoms with E-state index >= 15 is 0 Å². The number of carbonyl (C=O) groups excluding carboxylic acids is 1. The van der Waals surface area contributed by atoms with Crippen LogP contribution in [0, 0.1) is 11.8 Å². The maximum absolute atomic E-state index is 12.5. The van der Waals surface area contributed by atoms with Crippen LogP contribution in [-0.4, -0.2) is 38.7 Å². The number of benzene rings is 1. The third-order valence-electron chi connectivity index (χ3n) is 4.02. The summed E-state index contributed by atoms with van der Waals surface area (Å²) in [4.78, 5) is 28.3. The van der Waals surface area contributed by atoms with Gasteiger partial charge in [0.15, 0.2) is 0 Å². The maximum atomic E-state index is 12.5. The van der Waals surface area contributed by atoms with E-state index in [9.17, 15) is 19.8 Å². The van der Waals surface area contributed by atoms with Crippen molar-refractivity contribution in [3.05, 3.63) is 57.9 Å². The van der Waals surface area contributed by atoms with Crippen LogP contribution in [0.25, 0.3) is 10.9 Å². The summed E-state index contributed by atoms with van der Waals surface area (Å²) in [5, 5.41) is 22.7. The number of hydrogen-bond donors (Lipinski definition) is 4. The van der Waals surface area contributed by atoms with Crippen molar-refractivity contribution in [2.45, 2.75) is 31.9 Å². The number of H-pyrrole nitrogens is 1. The minimum Gasteiger partial charge on any atom is -0.480 e. The zero-order chi connectivity index (χ0) is 20.3. The van der Waals surface area contributed by atoms with Crippen molar-refractivity contribution in [1.29, 1.82) is 0 Å². The van der Waals surface area contributed by atoms with Crippen molar-refractivity contribution in [3.63, 3.8) is 0 Å². The van der Waals surface area contributed by atoms with E-state index in [-0.39, 0.29) is 6.42 Å². The number of amides is 1. The third kappa shape index (κ3) is 4.80. The fourth-order valence-electron chi connectivity index (χ4n) is 2.69. The summed E-state index contributed by atoms with van der Waals surface area (Å²) in [5.74, 6) is 3.93. The van der Waals surface area contributed by atoms with Gasteiger partial charge >= 0.3 is 5.97 Å². The molecule has 4 N–H and O–H groups in total. The average Bonchev–Trinajstić information content (AvgIpc) is 3.26. The monoisotopic (exact) mass is 396 g/mol. The molecule has 2 aromatic heterocycles. The Bertz CT molecular complexity index is 1080. The molecule has 0 radical (unpaired) electrons. The number of aliphatic carboxylic acids is 1. The Hall–Kier alpha value is -3.08. The Morgan fingerprint density at radius 1 is 1.25 bits per heavy atom. The predicted octanol–water partition coefficient (Wildman–Crippen LogP) is 2.78. The first-order valence-electron chi connectivity index (χ1n) is 8.67. The zero-order valence-corrected chi connectivity index (χ0v) is 16.3. The Balaban J connectivity index is 1.74. The summed E-state index contributed by atoms with van der Waals surface area (Å²) in [7, 11) is 0. The molecule has 0 saturated carbocycles. The van der Waals surface area contributed by atoms with Gasteiger partial charge in [-0.15, -0.1) is 11.3 Å². The van der Waals surface area contributed by atoms with E-state index in [2.05, 4.69) is 22.1 Å². The molecule has 0 unspecified atom stereocenters. The lowest BCUT2D eigenvalue weighted by molar-refractivity contribution is -0.139. The molecule has 0 spiro atoms. The largest absolute Gasteiger partial charge is 0.480 e. The van der Waals surface area contributed by atoms with Crippen LogP contribution in [0.3, 0.4) is 0 Å². The minimum atomic E-state index is -1.12. The summed E-state index contributed by atoms with van der Waals surface area (Å²) in [6, 6.07) is 9.82. The van der Waals surface area contributed by atoms with Crippen LogP contribution in [0.1, 0.15) is 34.0 Å². The average molecular weight is 396 g/mol. The van der Waals surface area contributed by atoms with Crippen LogP contribution in [0.5, 0.6) is 0 Å². The topological polar surface area (TPSA) is 102 Å². The Labute approximate surface area is 166 Å². The summed E-state index contributed by atoms with van der Waals surface area (Å²) in [6.07, 6.45) is 1.93. The first kappa shape index (κ1) is 19.7. The molecule has 0 aliphatic heterocycles. The first-order valence-corrected chi connectivity index (χ1v) is 9.48. The second-order valence-corrected chi connectivity index (χ2v) is 7.98. The lowest BCUT2D eigenvalue weighted by Crippen LogP contribution is -2.42. The molecule has 1 atom stereocenters. The van der Waals surface area contributed by atoms with E-state index in [1.807, 2.05) is 24.3 Å². The molecule has 6 nitrogen and oxygen atoms in total. The highest BCUT2D eigenvalue weighted by Gasteiger charge is 2.23. The number of carboxylic acids is 1. The van der Waals surface area contributed by atoms with Gasteiger partial charge in [-0.05, 0) is 37.6 Å². The number of aliphatic hydroxyl groups is 1. The van der Waals surface area contributed by atoms with Crippen molar-refractivity contribution >= 4 is 34.1 Å². The van der Waals surface area contributed by atoms with Gasteiger partial charge in [0.25, 0.3) is 5.91 Å². The molecule has 0 aliphatic carbocycles. The number of nitrogens with one attached hydrogen (secondary N) is 2. The van der Waals surface area contributed by atoms with E-state index in [0.29, 0.717) is 9.75 Å². The van der Waals surface area contributed by atoms with Crippen molar-refractivity contribution < 1.29 is 19.8 Å². The maximum Gasteiger partial charge on any atom is 0.326 e. The summed E-state index contributed by atoms with van der Waals surface area (Å²) in [6.45, 7) is 3.15. The molecule has 7 heteroatoms. The molecule has 0 bridgehead atoms. The van der Waals surface area contributed by atoms with Crippen LogP contribution in [0.15, 0.2) is 42.6 Å². The van der Waals surface area contributed by atoms with E-state index in [0.717, 1.165) is 27.8 Å². The highest BCUT2D eigenvalue weighted by atomic mass is 32.1. The van der Waals surface area contributed by atoms with Gasteiger partial charge in [0.05, 0.1) is 9.75 Å². The van der Waals surface area contributed by atoms with Crippen molar-refractivity contribution in [1.82, 2.24) is 10.3 Å². The molecule has 1 amide bonds. The van der Waals surface area contributed by atoms with Crippen molar-refractivity contribution in [3.8, 4) is 11.8 Å². The lowest BCUT2D eigenvalue weighted by Gasteiger charge is -2.13. The molecule has 0 saturated heterocycles. The molecular weight excluding hydrogens is 376 g/mol. The summed E-state index contributed by atoms with van der Waals surface area (Å²) < 4.78 is 0. The van der Waals surface area contributed by atoms with Crippen LogP contribution >= 0.6 is 11.3 Å². The summed E-state index contributed by atoms with van der Waals surface area (Å²) in [5.41, 5.74) is 0.618. The first-order chi connectivity index (χ1) is 13.2. The quantitative estimate of drug-likeness (QED) is 0.498. The van der Waals surface area contributed by atoms with Gasteiger partial charge in [0.2, 0.25) is 0 Å². The van der Waals surface area contributed by atoms with Gasteiger partial charge in [0, 0.05) is 23.5 Å². The van der Waals surface area contributed by atoms with Crippen LogP contribution in [0.4, 0.5) is 0 Å². The van der Waals surface area contributed by atoms with E-state index in [1.165, 1.54) is 0 Å². The van der Waals surface area contributed by atoms with Crippen molar-refractivity contribution in [2.24, 2.45) is 0 Å². The molecule has 0 aliphatic rings. The SMILES string of the molecule is CC(C)(O)C#Cc1ccc(C(=O)N[C@H](Cc2c[nH]c3ccccc23)C(=O)O)s1. The normalized spacial score (nSPS) is 12.2. The number of para-hydroxylation sites is 1. The molecule has 1 aromatic carbocycles. The molecule has 3 aromatic rings. The predicted molar refractivity (Wildman–Crippen MR) is 108 cm³/mol. The van der Waals surface area contributed by atoms with Crippen LogP contribution in [0.2, 0.25) is 0 Å². The Morgan fingerprint density at radius 2 is 2.00 bits per heavy atom. The van der Waals surface area contributed by atoms with Crippen LogP contribution < -0.4 is 5.32 Å². The second-order valence-electron chi connectivity index (χ2n) is 6.90. The number of carbonyl (C=O) groups is 2. The number of hydrogen-bond acceptors (Lipinski definition) is 4. The van der Waals surface area contributed by atoms with Gasteiger partial charge in [-0.2, -0.15) is 0 Å². The number of aromatic nitrogens is 1. The number of rotatable bonds is 5. The number of aromatic amines is 1. The van der Waals surface area contributed by atoms with Gasteiger partial charge in [-0.3, -0.25) is 4.79 Å². The number of thiophene rings is 1. The fourth-order valence-corrected chi connectivity index (χ4v) is 3.45. The Morgan fingerprint density at radius 3 is 2.71 bits per heavy atom. The van der Waals surface area contributed by atoms with Gasteiger partial charge in [0.1, 0.15) is 11.6 Å². The van der Waals surface area contributed by atoms with E-state index < -0.39 is 23.5 Å². The lowest BCUT2D eigenvalue weighted by atomic mass is 10.0. The molecule has 2 heterocycles. The number of fused-ring (bicyclic) bond motifs is 1. The van der Waals surface area contributed by atoms with E-state index in [1.54, 1.807) is 32.2 Å². The Kier molecular flexibility index (Phi) is 5.54. The van der Waals surface area contributed by atoms with Gasteiger partial charge < -0.3 is 20.5 Å². The smallest absolute Gasteiger partial charge is 0.326 e. The van der Waals surface area contributed by atoms with E-state index in [4.69, 9.17) is 0 Å². The summed E-state index contributed by atoms with van der Waals surface area (Å²) >= 11 is 1.15. The van der Waals surface area contributed by atoms with Crippen molar-refractivity contribution in [2.75, 3.05) is 0 Å². The second kappa shape index (κ2) is 7.89. The zero-order valence-electron chi connectivity index (χ0n) is 15.4. The molecular formula is C21H20N2O4S. The molecule has 28 heavy (non-hydrogen) atoms. The number of carboxylic acid groups (broad SMARTS) is 1. The van der Waals surface area contributed by atoms with Gasteiger partial charge in [-0.1, -0.05) is 30.0 Å². The third-order valence-corrected chi connectivity index (χ3v) is 5.02. The molecule has 0 fully saturated rings. The van der Waals surface area contributed by atoms with Gasteiger partial charge in [-0.25, -0.2) is 4.79 Å². The molecule has 3 rings (SSSR count). The van der Waals surface area contributed by atoms with Crippen LogP contribution in [-0.2, 0) is 11.2 Å². The highest BCUT2D eigenvalue weighted by Crippen LogP contribution is 2.20. The minimum absolute atomic E-state index is 0.168. The highest BCUT2D eigenvalue weighted by molar-refractivity contribution is 7.14. The molecule has 144 valence electrons. The standard InChI is InChI=1S/C21H20N2O4S/c1-21(2,27)10-9-14-7-8-18(28-14)19(24)23-17(20(25)26)11-13-12-22-16-6-4-3-5-15(13)16/h3-8,12,17,22,27H,11H2,1-2H3,(H,23,24)(H,25,26)/t17-/m1/s1. The fraction of sp³-hybridized carbons (Fsp3) is 0.238.